The van der Waals surface area contributed by atoms with Crippen LogP contribution in [0.15, 0.2) is 45.9 Å². The second-order valence-electron chi connectivity index (χ2n) is 6.08. The van der Waals surface area contributed by atoms with Crippen LogP contribution in [0.2, 0.25) is 0 Å². The molecule has 6 nitrogen and oxygen atoms in total. The average molecular weight is 430 g/mol. The van der Waals surface area contributed by atoms with Crippen molar-refractivity contribution in [2.75, 3.05) is 0 Å². The van der Waals surface area contributed by atoms with Gasteiger partial charge in [-0.05, 0) is 24.1 Å². The minimum absolute atomic E-state index is 0.0219. The largest absolute Gasteiger partial charge is 0.324 e. The summed E-state index contributed by atoms with van der Waals surface area (Å²) in [6.45, 7) is 2.01. The molecule has 0 fully saturated rings. The van der Waals surface area contributed by atoms with E-state index in [0.717, 1.165) is 28.0 Å². The van der Waals surface area contributed by atoms with E-state index >= 15 is 0 Å². The number of nitrogens with zero attached hydrogens (tertiary/aromatic N) is 2. The molecular weight excluding hydrogens is 418 g/mol. The number of nitrogens with one attached hydrogen (secondary N) is 1. The Morgan fingerprint density at radius 1 is 1.25 bits per heavy atom. The smallest absolute Gasteiger partial charge is 0.305 e. The predicted molar refractivity (Wildman–Crippen MR) is 115 cm³/mol. The molecule has 0 atom stereocenters. The molecule has 1 aromatic carbocycles. The Morgan fingerprint density at radius 3 is 2.68 bits per heavy atom. The maximum atomic E-state index is 12.7. The van der Waals surface area contributed by atoms with Crippen molar-refractivity contribution in [1.29, 1.82) is 0 Å². The molecular formula is C19H12ClN3O3S2. The van der Waals surface area contributed by atoms with E-state index in [1.807, 2.05) is 36.6 Å². The second-order valence-corrected chi connectivity index (χ2v) is 8.23. The number of rotatable bonds is 4. The van der Waals surface area contributed by atoms with Crippen LogP contribution in [-0.4, -0.2) is 14.9 Å². The van der Waals surface area contributed by atoms with E-state index in [0.29, 0.717) is 15.8 Å². The quantitative estimate of drug-likeness (QED) is 0.334. The van der Waals surface area contributed by atoms with Gasteiger partial charge >= 0.3 is 5.00 Å². The van der Waals surface area contributed by atoms with Crippen LogP contribution >= 0.6 is 34.3 Å². The lowest BCUT2D eigenvalue weighted by Crippen LogP contribution is -2.10. The molecule has 0 aliphatic heterocycles. The first-order chi connectivity index (χ1) is 13.4. The zero-order chi connectivity index (χ0) is 19.8. The van der Waals surface area contributed by atoms with Crippen molar-refractivity contribution < 1.29 is 4.92 Å². The van der Waals surface area contributed by atoms with Crippen molar-refractivity contribution in [3.8, 4) is 11.1 Å². The van der Waals surface area contributed by atoms with Crippen LogP contribution in [0.3, 0.4) is 0 Å². The third kappa shape index (κ3) is 3.49. The number of thiophene rings is 2. The maximum Gasteiger partial charge on any atom is 0.324 e. The minimum atomic E-state index is -0.458. The summed E-state index contributed by atoms with van der Waals surface area (Å²) in [6.07, 6.45) is 1.55. The Labute approximate surface area is 171 Å². The third-order valence-corrected chi connectivity index (χ3v) is 6.17. The zero-order valence-electron chi connectivity index (χ0n) is 14.4. The van der Waals surface area contributed by atoms with Crippen molar-refractivity contribution >= 4 is 60.6 Å². The number of halogens is 1. The van der Waals surface area contributed by atoms with Gasteiger partial charge in [0.1, 0.15) is 4.83 Å². The van der Waals surface area contributed by atoms with E-state index in [2.05, 4.69) is 9.97 Å². The standard InChI is InChI=1S/C19H12ClN3O3S2/c1-10-2-4-12(5-3-10)13-9-28-19-16(13)18(24)21-17(22-19)14(20)6-11-7-15(23(25)26)27-8-11/h2-9H,1H3,(H,21,22,24)/b14-6-. The molecule has 140 valence electrons. The van der Waals surface area contributed by atoms with Gasteiger partial charge in [-0.25, -0.2) is 4.98 Å². The summed E-state index contributed by atoms with van der Waals surface area (Å²) >= 11 is 8.69. The van der Waals surface area contributed by atoms with Crippen LogP contribution < -0.4 is 5.56 Å². The van der Waals surface area contributed by atoms with Gasteiger partial charge in [-0.1, -0.05) is 52.8 Å². The van der Waals surface area contributed by atoms with E-state index in [9.17, 15) is 14.9 Å². The van der Waals surface area contributed by atoms with Gasteiger partial charge in [-0.2, -0.15) is 0 Å². The topological polar surface area (TPSA) is 88.9 Å². The molecule has 28 heavy (non-hydrogen) atoms. The zero-order valence-corrected chi connectivity index (χ0v) is 16.8. The first-order valence-electron chi connectivity index (χ1n) is 8.11. The number of aromatic amines is 1. The SMILES string of the molecule is Cc1ccc(-c2csc3nc(/C(Cl)=C/c4csc([N+](=O)[O-])c4)[nH]c(=O)c23)cc1. The summed E-state index contributed by atoms with van der Waals surface area (Å²) < 4.78 is 0. The first-order valence-corrected chi connectivity index (χ1v) is 10.2. The molecule has 0 saturated carbocycles. The Balaban J connectivity index is 1.75. The van der Waals surface area contributed by atoms with Gasteiger partial charge < -0.3 is 4.98 Å². The number of hydrogen-bond donors (Lipinski definition) is 1. The van der Waals surface area contributed by atoms with E-state index < -0.39 is 4.92 Å². The lowest BCUT2D eigenvalue weighted by atomic mass is 10.1. The summed E-state index contributed by atoms with van der Waals surface area (Å²) in [5.74, 6) is 0.227. The summed E-state index contributed by atoms with van der Waals surface area (Å²) in [4.78, 5) is 30.8. The number of nitro groups is 1. The summed E-state index contributed by atoms with van der Waals surface area (Å²) in [5.41, 5.74) is 3.22. The molecule has 0 aliphatic carbocycles. The van der Waals surface area contributed by atoms with E-state index in [1.54, 1.807) is 11.5 Å². The van der Waals surface area contributed by atoms with Gasteiger partial charge in [-0.3, -0.25) is 14.9 Å². The van der Waals surface area contributed by atoms with Crippen molar-refractivity contribution in [3.05, 3.63) is 78.5 Å². The van der Waals surface area contributed by atoms with Crippen molar-refractivity contribution in [2.24, 2.45) is 0 Å². The minimum Gasteiger partial charge on any atom is -0.305 e. The van der Waals surface area contributed by atoms with Crippen molar-refractivity contribution in [2.45, 2.75) is 6.92 Å². The molecule has 0 spiro atoms. The predicted octanol–water partition coefficient (Wildman–Crippen LogP) is 5.67. The lowest BCUT2D eigenvalue weighted by molar-refractivity contribution is -0.380. The summed E-state index contributed by atoms with van der Waals surface area (Å²) in [6, 6.07) is 9.36. The van der Waals surface area contributed by atoms with Gasteiger partial charge in [-0.15, -0.1) is 11.3 Å². The fraction of sp³-hybridized carbons (Fsp3) is 0.0526. The highest BCUT2D eigenvalue weighted by atomic mass is 35.5. The molecule has 0 aliphatic rings. The van der Waals surface area contributed by atoms with E-state index in [-0.39, 0.29) is 21.4 Å². The van der Waals surface area contributed by atoms with Gasteiger partial charge in [0.05, 0.1) is 15.3 Å². The second kappa shape index (κ2) is 7.31. The van der Waals surface area contributed by atoms with Gasteiger partial charge in [0, 0.05) is 22.4 Å². The number of benzene rings is 1. The molecule has 4 aromatic rings. The average Bonchev–Trinajstić information content (AvgIpc) is 3.29. The Kier molecular flexibility index (Phi) is 4.84. The Hall–Kier alpha value is -2.81. The molecule has 0 amide bonds. The summed E-state index contributed by atoms with van der Waals surface area (Å²) in [7, 11) is 0. The highest BCUT2D eigenvalue weighted by Gasteiger charge is 2.15. The first kappa shape index (κ1) is 18.5. The van der Waals surface area contributed by atoms with Crippen LogP contribution in [0, 0.1) is 17.0 Å². The van der Waals surface area contributed by atoms with Crippen LogP contribution in [0.1, 0.15) is 17.0 Å². The fourth-order valence-electron chi connectivity index (χ4n) is 2.73. The van der Waals surface area contributed by atoms with Crippen LogP contribution in [0.5, 0.6) is 0 Å². The molecule has 4 rings (SSSR count). The number of aromatic nitrogens is 2. The highest BCUT2D eigenvalue weighted by molar-refractivity contribution is 7.17. The van der Waals surface area contributed by atoms with Crippen LogP contribution in [0.25, 0.3) is 32.5 Å². The van der Waals surface area contributed by atoms with Gasteiger partial charge in [0.2, 0.25) is 0 Å². The Morgan fingerprint density at radius 2 is 2.00 bits per heavy atom. The summed E-state index contributed by atoms with van der Waals surface area (Å²) in [5, 5.41) is 15.1. The molecule has 3 aromatic heterocycles. The third-order valence-electron chi connectivity index (χ3n) is 4.11. The van der Waals surface area contributed by atoms with Crippen LogP contribution in [-0.2, 0) is 0 Å². The van der Waals surface area contributed by atoms with Crippen LogP contribution in [0.4, 0.5) is 5.00 Å². The molecule has 0 unspecified atom stereocenters. The van der Waals surface area contributed by atoms with E-state index in [4.69, 9.17) is 11.6 Å². The van der Waals surface area contributed by atoms with Crippen molar-refractivity contribution in [1.82, 2.24) is 9.97 Å². The number of hydrogen-bond acceptors (Lipinski definition) is 6. The maximum absolute atomic E-state index is 12.7. The molecule has 3 heterocycles. The molecule has 0 bridgehead atoms. The highest BCUT2D eigenvalue weighted by Crippen LogP contribution is 2.32. The Bertz CT molecular complexity index is 1290. The molecule has 0 radical (unpaired) electrons. The van der Waals surface area contributed by atoms with Gasteiger partial charge in [0.25, 0.3) is 5.56 Å². The van der Waals surface area contributed by atoms with Crippen molar-refractivity contribution in [3.63, 3.8) is 0 Å². The normalized spacial score (nSPS) is 11.9. The molecule has 0 saturated heterocycles. The monoisotopic (exact) mass is 429 g/mol. The molecule has 9 heteroatoms. The number of H-pyrrole nitrogens is 1. The number of fused-ring (bicyclic) bond motifs is 1. The van der Waals surface area contributed by atoms with Gasteiger partial charge in [0.15, 0.2) is 5.82 Å². The lowest BCUT2D eigenvalue weighted by Gasteiger charge is -2.02. The van der Waals surface area contributed by atoms with E-state index in [1.165, 1.54) is 17.4 Å². The molecule has 1 N–H and O–H groups in total. The number of aryl methyl sites for hydroxylation is 1. The fourth-order valence-corrected chi connectivity index (χ4v) is 4.58.